The topological polar surface area (TPSA) is 26.3 Å². The second-order valence-electron chi connectivity index (χ2n) is 4.57. The van der Waals surface area contributed by atoms with Gasteiger partial charge in [-0.3, -0.25) is 4.79 Å². The molecular formula is C16H22O2. The maximum atomic E-state index is 10.8. The lowest BCUT2D eigenvalue weighted by atomic mass is 10.0. The van der Waals surface area contributed by atoms with E-state index in [1.165, 1.54) is 30.9 Å². The molecule has 0 radical (unpaired) electrons. The standard InChI is InChI=1S/C16H22O2/c1-4-5-8-15-9-6-7-10-16(15)11-13(2)12-18-14(3)17/h6-7,9-11H,4-5,8,12H2,1-3H3/b13-11+. The molecule has 98 valence electrons. The van der Waals surface area contributed by atoms with Crippen LogP contribution in [0, 0.1) is 0 Å². The predicted octanol–water partition coefficient (Wildman–Crippen LogP) is 4.00. The van der Waals surface area contributed by atoms with E-state index < -0.39 is 0 Å². The van der Waals surface area contributed by atoms with Gasteiger partial charge in [0.25, 0.3) is 0 Å². The molecule has 0 aliphatic rings. The number of esters is 1. The van der Waals surface area contributed by atoms with Gasteiger partial charge in [0.2, 0.25) is 0 Å². The third-order valence-corrected chi connectivity index (χ3v) is 2.76. The van der Waals surface area contributed by atoms with E-state index in [4.69, 9.17) is 4.74 Å². The monoisotopic (exact) mass is 246 g/mol. The summed E-state index contributed by atoms with van der Waals surface area (Å²) in [6.07, 6.45) is 5.61. The summed E-state index contributed by atoms with van der Waals surface area (Å²) in [6, 6.07) is 8.40. The van der Waals surface area contributed by atoms with E-state index >= 15 is 0 Å². The van der Waals surface area contributed by atoms with Crippen molar-refractivity contribution >= 4 is 12.0 Å². The zero-order valence-corrected chi connectivity index (χ0v) is 11.5. The predicted molar refractivity (Wildman–Crippen MR) is 75.3 cm³/mol. The van der Waals surface area contributed by atoms with Crippen LogP contribution in [-0.2, 0) is 16.0 Å². The molecular weight excluding hydrogens is 224 g/mol. The number of hydrogen-bond acceptors (Lipinski definition) is 2. The molecule has 0 heterocycles. The molecule has 0 unspecified atom stereocenters. The van der Waals surface area contributed by atoms with E-state index in [2.05, 4.69) is 31.2 Å². The average molecular weight is 246 g/mol. The first-order chi connectivity index (χ1) is 8.63. The van der Waals surface area contributed by atoms with E-state index in [0.717, 1.165) is 12.0 Å². The number of benzene rings is 1. The SMILES string of the molecule is CCCCc1ccccc1/C=C(\C)COC(C)=O. The summed E-state index contributed by atoms with van der Waals surface area (Å²) in [7, 11) is 0. The van der Waals surface area contributed by atoms with E-state index in [-0.39, 0.29) is 5.97 Å². The molecule has 1 rings (SSSR count). The first kappa shape index (κ1) is 14.5. The summed E-state index contributed by atoms with van der Waals surface area (Å²) in [6.45, 7) is 5.99. The van der Waals surface area contributed by atoms with Crippen molar-refractivity contribution in [2.75, 3.05) is 6.61 Å². The van der Waals surface area contributed by atoms with Gasteiger partial charge in [-0.1, -0.05) is 43.7 Å². The van der Waals surface area contributed by atoms with E-state index in [9.17, 15) is 4.79 Å². The second-order valence-corrected chi connectivity index (χ2v) is 4.57. The van der Waals surface area contributed by atoms with Crippen LogP contribution >= 0.6 is 0 Å². The Hall–Kier alpha value is -1.57. The van der Waals surface area contributed by atoms with Crippen LogP contribution < -0.4 is 0 Å². The molecule has 0 bridgehead atoms. The summed E-state index contributed by atoms with van der Waals surface area (Å²) >= 11 is 0. The molecule has 0 aliphatic carbocycles. The van der Waals surface area contributed by atoms with Crippen LogP contribution in [0.1, 0.15) is 44.7 Å². The molecule has 18 heavy (non-hydrogen) atoms. The molecule has 0 saturated carbocycles. The van der Waals surface area contributed by atoms with Gasteiger partial charge < -0.3 is 4.74 Å². The third kappa shape index (κ3) is 5.17. The number of aryl methyl sites for hydroxylation is 1. The van der Waals surface area contributed by atoms with Gasteiger partial charge in [0.05, 0.1) is 0 Å². The highest BCUT2D eigenvalue weighted by Gasteiger charge is 2.00. The zero-order chi connectivity index (χ0) is 13.4. The van der Waals surface area contributed by atoms with E-state index in [0.29, 0.717) is 6.61 Å². The quantitative estimate of drug-likeness (QED) is 0.709. The first-order valence-corrected chi connectivity index (χ1v) is 6.52. The van der Waals surface area contributed by atoms with Gasteiger partial charge in [-0.25, -0.2) is 0 Å². The molecule has 0 atom stereocenters. The van der Waals surface area contributed by atoms with Crippen LogP contribution in [0.2, 0.25) is 0 Å². The molecule has 1 aromatic rings. The molecule has 0 aliphatic heterocycles. The molecule has 0 N–H and O–H groups in total. The van der Waals surface area contributed by atoms with Crippen molar-refractivity contribution in [1.29, 1.82) is 0 Å². The van der Waals surface area contributed by atoms with Gasteiger partial charge >= 0.3 is 5.97 Å². The summed E-state index contributed by atoms with van der Waals surface area (Å²) in [4.78, 5) is 10.8. The van der Waals surface area contributed by atoms with E-state index in [1.54, 1.807) is 0 Å². The summed E-state index contributed by atoms with van der Waals surface area (Å²) in [5.41, 5.74) is 3.66. The van der Waals surface area contributed by atoms with Crippen LogP contribution in [-0.4, -0.2) is 12.6 Å². The molecule has 0 saturated heterocycles. The van der Waals surface area contributed by atoms with Gasteiger partial charge in [0.15, 0.2) is 0 Å². The Balaban J connectivity index is 2.75. The van der Waals surface area contributed by atoms with Gasteiger partial charge in [0, 0.05) is 6.92 Å². The minimum Gasteiger partial charge on any atom is -0.461 e. The Kier molecular flexibility index (Phi) is 6.20. The van der Waals surface area contributed by atoms with Gasteiger partial charge in [-0.05, 0) is 36.5 Å². The lowest BCUT2D eigenvalue weighted by Crippen LogP contribution is -2.01. The maximum absolute atomic E-state index is 10.8. The van der Waals surface area contributed by atoms with Crippen molar-refractivity contribution in [1.82, 2.24) is 0 Å². The average Bonchev–Trinajstić information content (AvgIpc) is 2.35. The van der Waals surface area contributed by atoms with Gasteiger partial charge in [0.1, 0.15) is 6.61 Å². The molecule has 1 aromatic carbocycles. The number of carbonyl (C=O) groups excluding carboxylic acids is 1. The summed E-state index contributed by atoms with van der Waals surface area (Å²) in [5, 5.41) is 0. The fraction of sp³-hybridized carbons (Fsp3) is 0.438. The van der Waals surface area contributed by atoms with Crippen molar-refractivity contribution in [2.45, 2.75) is 40.0 Å². The largest absolute Gasteiger partial charge is 0.461 e. The van der Waals surface area contributed by atoms with E-state index in [1.807, 2.05) is 13.0 Å². The molecule has 2 nitrogen and oxygen atoms in total. The van der Waals surface area contributed by atoms with Crippen molar-refractivity contribution in [3.8, 4) is 0 Å². The van der Waals surface area contributed by atoms with Crippen LogP contribution in [0.25, 0.3) is 6.08 Å². The number of rotatable bonds is 6. The normalized spacial score (nSPS) is 11.4. The minimum atomic E-state index is -0.234. The number of unbranched alkanes of at least 4 members (excludes halogenated alkanes) is 1. The Morgan fingerprint density at radius 3 is 2.67 bits per heavy atom. The lowest BCUT2D eigenvalue weighted by molar-refractivity contribution is -0.139. The number of ether oxygens (including phenoxy) is 1. The fourth-order valence-corrected chi connectivity index (χ4v) is 1.79. The summed E-state index contributed by atoms with van der Waals surface area (Å²) < 4.78 is 4.99. The third-order valence-electron chi connectivity index (χ3n) is 2.76. The van der Waals surface area contributed by atoms with Crippen LogP contribution in [0.3, 0.4) is 0 Å². The maximum Gasteiger partial charge on any atom is 0.302 e. The Bertz CT molecular complexity index is 419. The molecule has 0 amide bonds. The Labute approximate surface area is 110 Å². The van der Waals surface area contributed by atoms with Crippen molar-refractivity contribution in [3.05, 3.63) is 41.0 Å². The second kappa shape index (κ2) is 7.70. The highest BCUT2D eigenvalue weighted by molar-refractivity contribution is 5.66. The molecule has 0 fully saturated rings. The smallest absolute Gasteiger partial charge is 0.302 e. The number of hydrogen-bond donors (Lipinski definition) is 0. The number of carbonyl (C=O) groups is 1. The Morgan fingerprint density at radius 2 is 2.00 bits per heavy atom. The van der Waals surface area contributed by atoms with Crippen molar-refractivity contribution in [2.24, 2.45) is 0 Å². The van der Waals surface area contributed by atoms with Crippen LogP contribution in [0.5, 0.6) is 0 Å². The molecule has 0 spiro atoms. The fourth-order valence-electron chi connectivity index (χ4n) is 1.79. The zero-order valence-electron chi connectivity index (χ0n) is 11.5. The molecule has 2 heteroatoms. The van der Waals surface area contributed by atoms with Crippen LogP contribution in [0.4, 0.5) is 0 Å². The first-order valence-electron chi connectivity index (χ1n) is 6.52. The molecule has 0 aromatic heterocycles. The highest BCUT2D eigenvalue weighted by atomic mass is 16.5. The highest BCUT2D eigenvalue weighted by Crippen LogP contribution is 2.15. The lowest BCUT2D eigenvalue weighted by Gasteiger charge is -2.07. The minimum absolute atomic E-state index is 0.234. The summed E-state index contributed by atoms with van der Waals surface area (Å²) in [5.74, 6) is -0.234. The van der Waals surface area contributed by atoms with Crippen molar-refractivity contribution < 1.29 is 9.53 Å². The Morgan fingerprint density at radius 1 is 1.28 bits per heavy atom. The van der Waals surface area contributed by atoms with Crippen molar-refractivity contribution in [3.63, 3.8) is 0 Å². The van der Waals surface area contributed by atoms with Gasteiger partial charge in [-0.15, -0.1) is 0 Å². The van der Waals surface area contributed by atoms with Gasteiger partial charge in [-0.2, -0.15) is 0 Å². The van der Waals surface area contributed by atoms with Crippen LogP contribution in [0.15, 0.2) is 29.8 Å².